The topological polar surface area (TPSA) is 74.9 Å². The van der Waals surface area contributed by atoms with Gasteiger partial charge in [-0.15, -0.1) is 0 Å². The minimum atomic E-state index is -0.166. The number of carbonyl (C=O) groups is 2. The quantitative estimate of drug-likeness (QED) is 0.262. The van der Waals surface area contributed by atoms with Crippen LogP contribution in [0.2, 0.25) is 0 Å². The van der Waals surface area contributed by atoms with Crippen LogP contribution in [0.4, 0.5) is 0 Å². The molecule has 39 heavy (non-hydrogen) atoms. The van der Waals surface area contributed by atoms with Gasteiger partial charge in [-0.1, -0.05) is 44.2 Å². The van der Waals surface area contributed by atoms with Crippen molar-refractivity contribution in [2.24, 2.45) is 5.92 Å². The third kappa shape index (κ3) is 7.19. The number of hydrogen-bond donors (Lipinski definition) is 1. The number of methoxy groups -OCH3 is 2. The van der Waals surface area contributed by atoms with Gasteiger partial charge in [0, 0.05) is 42.3 Å². The molecule has 1 N–H and O–H groups in total. The zero-order chi connectivity index (χ0) is 27.8. The second-order valence-corrected chi connectivity index (χ2v) is 10.1. The maximum absolute atomic E-state index is 13.8. The predicted molar refractivity (Wildman–Crippen MR) is 154 cm³/mol. The van der Waals surface area contributed by atoms with Gasteiger partial charge in [0.1, 0.15) is 18.0 Å². The summed E-state index contributed by atoms with van der Waals surface area (Å²) in [4.78, 5) is 34.1. The van der Waals surface area contributed by atoms with E-state index in [1.54, 1.807) is 43.4 Å². The maximum atomic E-state index is 13.8. The lowest BCUT2D eigenvalue weighted by molar-refractivity contribution is -0.132. The van der Waals surface area contributed by atoms with E-state index in [4.69, 9.17) is 9.47 Å². The summed E-state index contributed by atoms with van der Waals surface area (Å²) in [6, 6.07) is 22.9. The third-order valence-corrected chi connectivity index (χ3v) is 6.75. The van der Waals surface area contributed by atoms with Gasteiger partial charge >= 0.3 is 0 Å². The van der Waals surface area contributed by atoms with E-state index in [1.807, 2.05) is 67.4 Å². The smallest absolute Gasteiger partial charge is 0.254 e. The molecule has 0 fully saturated rings. The van der Waals surface area contributed by atoms with Gasteiger partial charge in [0.05, 0.1) is 14.2 Å². The van der Waals surface area contributed by atoms with Crippen LogP contribution in [0, 0.1) is 5.92 Å². The lowest BCUT2D eigenvalue weighted by Gasteiger charge is -2.29. The number of ether oxygens (including phenoxy) is 2. The molecular weight excluding hydrogens is 490 g/mol. The van der Waals surface area contributed by atoms with Crippen LogP contribution in [0.5, 0.6) is 11.5 Å². The first-order valence-electron chi connectivity index (χ1n) is 13.3. The molecule has 1 heterocycles. The molecule has 4 rings (SSSR count). The molecular formula is C32H37N3O4. The average Bonchev–Trinajstić information content (AvgIpc) is 3.37. The number of fused-ring (bicyclic) bond motifs is 1. The Hall–Kier alpha value is -4.26. The Labute approximate surface area is 230 Å². The van der Waals surface area contributed by atoms with Crippen LogP contribution in [0.3, 0.4) is 0 Å². The van der Waals surface area contributed by atoms with Crippen molar-refractivity contribution >= 4 is 22.7 Å². The molecule has 0 aliphatic carbocycles. The maximum Gasteiger partial charge on any atom is 0.254 e. The van der Waals surface area contributed by atoms with Crippen LogP contribution in [0.1, 0.15) is 35.3 Å². The fraction of sp³-hybridized carbons (Fsp3) is 0.312. The first kappa shape index (κ1) is 27.8. The van der Waals surface area contributed by atoms with Crippen LogP contribution in [-0.2, 0) is 17.8 Å². The molecule has 3 aromatic carbocycles. The van der Waals surface area contributed by atoms with Crippen LogP contribution in [-0.4, -0.2) is 60.5 Å². The fourth-order valence-corrected chi connectivity index (χ4v) is 4.68. The molecule has 0 spiro atoms. The Morgan fingerprint density at radius 3 is 2.13 bits per heavy atom. The second-order valence-electron chi connectivity index (χ2n) is 10.1. The lowest BCUT2D eigenvalue weighted by Crippen LogP contribution is -2.44. The highest BCUT2D eigenvalue weighted by Gasteiger charge is 2.24. The molecule has 0 aliphatic heterocycles. The first-order valence-corrected chi connectivity index (χ1v) is 13.3. The summed E-state index contributed by atoms with van der Waals surface area (Å²) in [7, 11) is 3.23. The van der Waals surface area contributed by atoms with Gasteiger partial charge < -0.3 is 24.3 Å². The van der Waals surface area contributed by atoms with Crippen LogP contribution in [0.25, 0.3) is 10.9 Å². The monoisotopic (exact) mass is 527 g/mol. The van der Waals surface area contributed by atoms with Gasteiger partial charge in [-0.3, -0.25) is 9.59 Å². The Kier molecular flexibility index (Phi) is 9.26. The lowest BCUT2D eigenvalue weighted by atomic mass is 10.1. The summed E-state index contributed by atoms with van der Waals surface area (Å²) >= 11 is 0. The third-order valence-electron chi connectivity index (χ3n) is 6.75. The standard InChI is InChI=1S/C32H37N3O4/c1-23(2)20-35(32(37)25-11-15-28(39-4)16-12-25)22-31(36)34(21-24-9-13-27(38-3)14-10-24)18-17-26-19-33-30-8-6-5-7-29(26)30/h5-16,19,23,33H,17-18,20-22H2,1-4H3. The predicted octanol–water partition coefficient (Wildman–Crippen LogP) is 5.55. The largest absolute Gasteiger partial charge is 0.497 e. The first-order chi connectivity index (χ1) is 18.9. The van der Waals surface area contributed by atoms with Crippen LogP contribution >= 0.6 is 0 Å². The SMILES string of the molecule is COc1ccc(CN(CCc2c[nH]c3ccccc23)C(=O)CN(CC(C)C)C(=O)c2ccc(OC)cc2)cc1. The molecule has 0 bridgehead atoms. The highest BCUT2D eigenvalue weighted by molar-refractivity contribution is 5.96. The van der Waals surface area contributed by atoms with E-state index >= 15 is 0 Å². The summed E-state index contributed by atoms with van der Waals surface area (Å²) in [5.74, 6) is 1.40. The highest BCUT2D eigenvalue weighted by atomic mass is 16.5. The number of rotatable bonds is 12. The minimum absolute atomic E-state index is 0.00703. The van der Waals surface area contributed by atoms with Gasteiger partial charge in [0.15, 0.2) is 0 Å². The van der Waals surface area contributed by atoms with Gasteiger partial charge in [-0.05, 0) is 65.9 Å². The summed E-state index contributed by atoms with van der Waals surface area (Å²) in [6.45, 7) is 5.55. The number of para-hydroxylation sites is 1. The van der Waals surface area contributed by atoms with Crippen molar-refractivity contribution in [2.45, 2.75) is 26.8 Å². The van der Waals surface area contributed by atoms with E-state index in [2.05, 4.69) is 11.1 Å². The van der Waals surface area contributed by atoms with E-state index in [0.717, 1.165) is 27.8 Å². The molecule has 0 unspecified atom stereocenters. The Morgan fingerprint density at radius 1 is 0.846 bits per heavy atom. The van der Waals surface area contributed by atoms with Crippen molar-refractivity contribution in [3.8, 4) is 11.5 Å². The van der Waals surface area contributed by atoms with E-state index < -0.39 is 0 Å². The van der Waals surface area contributed by atoms with E-state index in [9.17, 15) is 9.59 Å². The zero-order valence-corrected chi connectivity index (χ0v) is 23.1. The molecule has 0 aliphatic rings. The number of amides is 2. The fourth-order valence-electron chi connectivity index (χ4n) is 4.68. The van der Waals surface area contributed by atoms with Crippen molar-refractivity contribution in [3.63, 3.8) is 0 Å². The van der Waals surface area contributed by atoms with E-state index in [1.165, 1.54) is 0 Å². The van der Waals surface area contributed by atoms with Crippen molar-refractivity contribution in [3.05, 3.63) is 95.7 Å². The molecule has 0 saturated carbocycles. The Bertz CT molecular complexity index is 1380. The molecule has 7 nitrogen and oxygen atoms in total. The molecule has 0 radical (unpaired) electrons. The summed E-state index contributed by atoms with van der Waals surface area (Å²) in [5, 5.41) is 1.16. The van der Waals surface area contributed by atoms with Crippen molar-refractivity contribution in [2.75, 3.05) is 33.9 Å². The average molecular weight is 528 g/mol. The number of aromatic amines is 1. The van der Waals surface area contributed by atoms with E-state index in [-0.39, 0.29) is 24.3 Å². The number of benzene rings is 3. The molecule has 0 atom stereocenters. The van der Waals surface area contributed by atoms with Gasteiger partial charge in [0.2, 0.25) is 5.91 Å². The normalized spacial score (nSPS) is 11.0. The number of carbonyl (C=O) groups excluding carboxylic acids is 2. The Morgan fingerprint density at radius 2 is 1.49 bits per heavy atom. The molecule has 7 heteroatoms. The molecule has 204 valence electrons. The van der Waals surface area contributed by atoms with Crippen molar-refractivity contribution in [1.29, 1.82) is 0 Å². The second kappa shape index (κ2) is 13.0. The summed E-state index contributed by atoms with van der Waals surface area (Å²) in [6.07, 6.45) is 2.71. The zero-order valence-electron chi connectivity index (χ0n) is 23.1. The van der Waals surface area contributed by atoms with E-state index in [0.29, 0.717) is 37.4 Å². The van der Waals surface area contributed by atoms with Crippen molar-refractivity contribution < 1.29 is 19.1 Å². The molecule has 1 aromatic heterocycles. The molecule has 2 amide bonds. The Balaban J connectivity index is 1.55. The number of hydrogen-bond acceptors (Lipinski definition) is 4. The number of aromatic nitrogens is 1. The summed E-state index contributed by atoms with van der Waals surface area (Å²) < 4.78 is 10.5. The van der Waals surface area contributed by atoms with Crippen LogP contribution < -0.4 is 9.47 Å². The van der Waals surface area contributed by atoms with Gasteiger partial charge in [-0.2, -0.15) is 0 Å². The minimum Gasteiger partial charge on any atom is -0.497 e. The highest BCUT2D eigenvalue weighted by Crippen LogP contribution is 2.20. The van der Waals surface area contributed by atoms with Crippen LogP contribution in [0.15, 0.2) is 79.0 Å². The number of nitrogens with zero attached hydrogens (tertiary/aromatic N) is 2. The summed E-state index contributed by atoms with van der Waals surface area (Å²) in [5.41, 5.74) is 3.77. The number of H-pyrrole nitrogens is 1. The van der Waals surface area contributed by atoms with Gasteiger partial charge in [0.25, 0.3) is 5.91 Å². The molecule has 0 saturated heterocycles. The van der Waals surface area contributed by atoms with Crippen molar-refractivity contribution in [1.82, 2.24) is 14.8 Å². The van der Waals surface area contributed by atoms with Gasteiger partial charge in [-0.25, -0.2) is 0 Å². The molecule has 4 aromatic rings. The number of nitrogens with one attached hydrogen (secondary N) is 1.